The molecule has 0 unspecified atom stereocenters. The molecule has 0 radical (unpaired) electrons. The molecular formula is C18H21N3S. The number of thiocarbonyl (C=S) groups is 1. The quantitative estimate of drug-likeness (QED) is 0.862. The van der Waals surface area contributed by atoms with Crippen molar-refractivity contribution < 1.29 is 0 Å². The number of pyridine rings is 1. The third-order valence-corrected chi connectivity index (χ3v) is 4.45. The van der Waals surface area contributed by atoms with Gasteiger partial charge < -0.3 is 10.2 Å². The minimum Gasteiger partial charge on any atom is -0.342 e. The molecule has 1 aliphatic rings. The second-order valence-corrected chi connectivity index (χ2v) is 6.33. The molecule has 22 heavy (non-hydrogen) atoms. The summed E-state index contributed by atoms with van der Waals surface area (Å²) in [6.45, 7) is 5.08. The van der Waals surface area contributed by atoms with Crippen LogP contribution in [0.25, 0.3) is 0 Å². The molecule has 1 aliphatic carbocycles. The van der Waals surface area contributed by atoms with Gasteiger partial charge in [-0.05, 0) is 79.9 Å². The molecule has 0 aliphatic heterocycles. The van der Waals surface area contributed by atoms with E-state index in [1.54, 1.807) is 0 Å². The Bertz CT molecular complexity index is 665. The Morgan fingerprint density at radius 3 is 2.55 bits per heavy atom. The zero-order valence-corrected chi connectivity index (χ0v) is 13.9. The Morgan fingerprint density at radius 2 is 1.91 bits per heavy atom. The van der Waals surface area contributed by atoms with Crippen LogP contribution in [0.3, 0.4) is 0 Å². The van der Waals surface area contributed by atoms with Gasteiger partial charge >= 0.3 is 0 Å². The zero-order valence-electron chi connectivity index (χ0n) is 13.0. The molecule has 0 saturated heterocycles. The zero-order chi connectivity index (χ0) is 15.5. The lowest BCUT2D eigenvalue weighted by Crippen LogP contribution is -2.36. The van der Waals surface area contributed by atoms with Crippen LogP contribution in [0.15, 0.2) is 42.7 Å². The second kappa shape index (κ2) is 6.44. The summed E-state index contributed by atoms with van der Waals surface area (Å²) in [5, 5.41) is 4.20. The molecule has 114 valence electrons. The van der Waals surface area contributed by atoms with Crippen molar-refractivity contribution in [2.45, 2.75) is 39.3 Å². The molecule has 1 aromatic heterocycles. The van der Waals surface area contributed by atoms with Gasteiger partial charge in [0.25, 0.3) is 0 Å². The summed E-state index contributed by atoms with van der Waals surface area (Å²) in [6.07, 6.45) is 6.11. The van der Waals surface area contributed by atoms with Crippen LogP contribution in [0.4, 0.5) is 5.69 Å². The molecule has 2 aromatic rings. The number of anilines is 1. The molecule has 1 fully saturated rings. The fourth-order valence-electron chi connectivity index (χ4n) is 2.45. The minimum atomic E-state index is 0.569. The third kappa shape index (κ3) is 3.63. The largest absolute Gasteiger partial charge is 0.342 e. The number of hydrogen-bond donors (Lipinski definition) is 1. The molecule has 1 aromatic carbocycles. The van der Waals surface area contributed by atoms with E-state index in [1.165, 1.54) is 29.5 Å². The summed E-state index contributed by atoms with van der Waals surface area (Å²) in [5.41, 5.74) is 4.88. The van der Waals surface area contributed by atoms with Crippen LogP contribution in [0.2, 0.25) is 0 Å². The van der Waals surface area contributed by atoms with E-state index in [9.17, 15) is 0 Å². The van der Waals surface area contributed by atoms with E-state index in [2.05, 4.69) is 47.2 Å². The van der Waals surface area contributed by atoms with Crippen LogP contribution in [0, 0.1) is 13.8 Å². The standard InChI is InChI=1S/C18H21N3S/c1-13-3-4-16(11-14(13)2)20-18(22)21(17-5-6-17)12-15-7-9-19-10-8-15/h3-4,7-11,17H,5-6,12H2,1-2H3,(H,20,22). The first-order valence-electron chi connectivity index (χ1n) is 7.67. The lowest BCUT2D eigenvalue weighted by molar-refractivity contribution is 0.409. The fraction of sp³-hybridized carbons (Fsp3) is 0.333. The van der Waals surface area contributed by atoms with Gasteiger partial charge in [0.1, 0.15) is 0 Å². The van der Waals surface area contributed by atoms with Crippen molar-refractivity contribution in [3.8, 4) is 0 Å². The van der Waals surface area contributed by atoms with Gasteiger partial charge in [0.2, 0.25) is 0 Å². The molecule has 3 nitrogen and oxygen atoms in total. The van der Waals surface area contributed by atoms with Gasteiger partial charge in [-0.2, -0.15) is 0 Å². The van der Waals surface area contributed by atoms with Crippen molar-refractivity contribution in [2.24, 2.45) is 0 Å². The monoisotopic (exact) mass is 311 g/mol. The Morgan fingerprint density at radius 1 is 1.18 bits per heavy atom. The number of aryl methyl sites for hydroxylation is 2. The molecule has 1 N–H and O–H groups in total. The molecular weight excluding hydrogens is 290 g/mol. The Kier molecular flexibility index (Phi) is 4.39. The van der Waals surface area contributed by atoms with E-state index in [1.807, 2.05) is 24.5 Å². The van der Waals surface area contributed by atoms with Crippen LogP contribution >= 0.6 is 12.2 Å². The first-order valence-corrected chi connectivity index (χ1v) is 8.08. The van der Waals surface area contributed by atoms with E-state index >= 15 is 0 Å². The summed E-state index contributed by atoms with van der Waals surface area (Å²) in [6, 6.07) is 11.0. The molecule has 1 saturated carbocycles. The van der Waals surface area contributed by atoms with Crippen molar-refractivity contribution in [1.82, 2.24) is 9.88 Å². The first-order chi connectivity index (χ1) is 10.6. The lowest BCUT2D eigenvalue weighted by atomic mass is 10.1. The Hall–Kier alpha value is -1.94. The number of nitrogens with zero attached hydrogens (tertiary/aromatic N) is 2. The van der Waals surface area contributed by atoms with Crippen LogP contribution in [-0.4, -0.2) is 21.0 Å². The molecule has 0 bridgehead atoms. The van der Waals surface area contributed by atoms with Gasteiger partial charge in [-0.15, -0.1) is 0 Å². The van der Waals surface area contributed by atoms with Crippen molar-refractivity contribution >= 4 is 23.0 Å². The highest BCUT2D eigenvalue weighted by Crippen LogP contribution is 2.29. The second-order valence-electron chi connectivity index (χ2n) is 5.94. The summed E-state index contributed by atoms with van der Waals surface area (Å²) < 4.78 is 0. The highest BCUT2D eigenvalue weighted by atomic mass is 32.1. The van der Waals surface area contributed by atoms with Crippen molar-refractivity contribution in [1.29, 1.82) is 0 Å². The Labute approximate surface area is 137 Å². The van der Waals surface area contributed by atoms with E-state index < -0.39 is 0 Å². The number of benzene rings is 1. The van der Waals surface area contributed by atoms with E-state index in [-0.39, 0.29) is 0 Å². The summed E-state index contributed by atoms with van der Waals surface area (Å²) >= 11 is 5.65. The topological polar surface area (TPSA) is 28.2 Å². The van der Waals surface area contributed by atoms with E-state index in [0.29, 0.717) is 6.04 Å². The van der Waals surface area contributed by atoms with Gasteiger partial charge in [-0.25, -0.2) is 0 Å². The number of aromatic nitrogens is 1. The summed E-state index contributed by atoms with van der Waals surface area (Å²) in [7, 11) is 0. The van der Waals surface area contributed by atoms with Crippen LogP contribution in [0.5, 0.6) is 0 Å². The highest BCUT2D eigenvalue weighted by molar-refractivity contribution is 7.80. The average Bonchev–Trinajstić information content (AvgIpc) is 3.34. The SMILES string of the molecule is Cc1ccc(NC(=S)N(Cc2ccncc2)C2CC2)cc1C. The first kappa shape index (κ1) is 15.0. The van der Waals surface area contributed by atoms with Crippen molar-refractivity contribution in [2.75, 3.05) is 5.32 Å². The molecule has 1 heterocycles. The maximum atomic E-state index is 5.65. The summed E-state index contributed by atoms with van der Waals surface area (Å²) in [4.78, 5) is 6.37. The lowest BCUT2D eigenvalue weighted by Gasteiger charge is -2.26. The smallest absolute Gasteiger partial charge is 0.173 e. The molecule has 4 heteroatoms. The van der Waals surface area contributed by atoms with Crippen LogP contribution in [-0.2, 0) is 6.54 Å². The van der Waals surface area contributed by atoms with Crippen LogP contribution < -0.4 is 5.32 Å². The van der Waals surface area contributed by atoms with Gasteiger partial charge in [-0.1, -0.05) is 6.07 Å². The average molecular weight is 311 g/mol. The maximum absolute atomic E-state index is 5.65. The minimum absolute atomic E-state index is 0.569. The van der Waals surface area contributed by atoms with Gasteiger partial charge in [0.05, 0.1) is 0 Å². The van der Waals surface area contributed by atoms with Crippen LogP contribution in [0.1, 0.15) is 29.5 Å². The molecule has 0 atom stereocenters. The highest BCUT2D eigenvalue weighted by Gasteiger charge is 2.30. The molecule has 3 rings (SSSR count). The number of nitrogens with one attached hydrogen (secondary N) is 1. The fourth-order valence-corrected chi connectivity index (χ4v) is 2.78. The van der Waals surface area contributed by atoms with Gasteiger partial charge in [-0.3, -0.25) is 4.98 Å². The van der Waals surface area contributed by atoms with Crippen molar-refractivity contribution in [3.63, 3.8) is 0 Å². The van der Waals surface area contributed by atoms with E-state index in [0.717, 1.165) is 17.3 Å². The molecule has 0 amide bonds. The van der Waals surface area contributed by atoms with Gasteiger partial charge in [0.15, 0.2) is 5.11 Å². The predicted molar refractivity (Wildman–Crippen MR) is 94.9 cm³/mol. The Balaban J connectivity index is 1.71. The number of hydrogen-bond acceptors (Lipinski definition) is 2. The summed E-state index contributed by atoms with van der Waals surface area (Å²) in [5.74, 6) is 0. The molecule has 0 spiro atoms. The number of rotatable bonds is 4. The predicted octanol–water partition coefficient (Wildman–Crippen LogP) is 4.06. The normalized spacial score (nSPS) is 13.7. The third-order valence-electron chi connectivity index (χ3n) is 4.11. The maximum Gasteiger partial charge on any atom is 0.173 e. The van der Waals surface area contributed by atoms with Crippen molar-refractivity contribution in [3.05, 3.63) is 59.4 Å². The van der Waals surface area contributed by atoms with Gasteiger partial charge in [0, 0.05) is 30.7 Å². The van der Waals surface area contributed by atoms with E-state index in [4.69, 9.17) is 12.2 Å².